The van der Waals surface area contributed by atoms with Crippen molar-refractivity contribution in [2.45, 2.75) is 76.0 Å². The molecule has 4 aliphatic rings. The van der Waals surface area contributed by atoms with Gasteiger partial charge in [-0.15, -0.1) is 0 Å². The summed E-state index contributed by atoms with van der Waals surface area (Å²) in [7, 11) is 0. The van der Waals surface area contributed by atoms with E-state index in [9.17, 15) is 4.79 Å². The zero-order valence-corrected chi connectivity index (χ0v) is 25.1. The quantitative estimate of drug-likeness (QED) is 0.437. The Bertz CT molecular complexity index is 1440. The zero-order valence-electron chi connectivity index (χ0n) is 25.1. The van der Waals surface area contributed by atoms with E-state index < -0.39 is 0 Å². The second-order valence-corrected chi connectivity index (χ2v) is 13.1. The van der Waals surface area contributed by atoms with Crippen molar-refractivity contribution in [3.63, 3.8) is 0 Å². The maximum atomic E-state index is 14.1. The lowest BCUT2D eigenvalue weighted by Crippen LogP contribution is -2.61. The summed E-state index contributed by atoms with van der Waals surface area (Å²) >= 11 is 0. The Morgan fingerprint density at radius 2 is 1.64 bits per heavy atom. The van der Waals surface area contributed by atoms with Gasteiger partial charge in [0, 0.05) is 48.6 Å². The van der Waals surface area contributed by atoms with Crippen LogP contribution in [0.25, 0.3) is 0 Å². The number of aryl methyl sites for hydroxylation is 2. The van der Waals surface area contributed by atoms with Crippen molar-refractivity contribution in [2.75, 3.05) is 26.2 Å². The largest absolute Gasteiger partial charge is 0.355 e. The van der Waals surface area contributed by atoms with Crippen molar-refractivity contribution in [2.24, 2.45) is 0 Å². The first kappa shape index (κ1) is 27.3. The van der Waals surface area contributed by atoms with Crippen LogP contribution in [0, 0.1) is 13.8 Å². The highest BCUT2D eigenvalue weighted by atomic mass is 16.2. The Balaban J connectivity index is 1.21. The van der Waals surface area contributed by atoms with E-state index in [1.807, 2.05) is 0 Å². The van der Waals surface area contributed by atoms with E-state index in [4.69, 9.17) is 0 Å². The minimum atomic E-state index is 0.100. The molecule has 4 heterocycles. The number of rotatable bonds is 4. The van der Waals surface area contributed by atoms with Crippen molar-refractivity contribution in [3.8, 4) is 0 Å². The number of likely N-dealkylation sites (tertiary alicyclic amines) is 1. The molecule has 1 N–H and O–H groups in total. The van der Waals surface area contributed by atoms with E-state index in [2.05, 4.69) is 119 Å². The van der Waals surface area contributed by atoms with Gasteiger partial charge in [0.15, 0.2) is 0 Å². The molecule has 218 valence electrons. The molecule has 1 amide bonds. The van der Waals surface area contributed by atoms with Crippen LogP contribution in [-0.2, 0) is 18.3 Å². The molecule has 2 saturated heterocycles. The average molecular weight is 561 g/mol. The summed E-state index contributed by atoms with van der Waals surface area (Å²) in [6, 6.07) is 26.8. The lowest BCUT2D eigenvalue weighted by molar-refractivity contribution is -0.000333. The summed E-state index contributed by atoms with van der Waals surface area (Å²) in [6.45, 7) is 8.14. The van der Waals surface area contributed by atoms with Gasteiger partial charge in [-0.05, 0) is 94.3 Å². The fourth-order valence-corrected chi connectivity index (χ4v) is 8.54. The maximum Gasteiger partial charge on any atom is 0.254 e. The van der Waals surface area contributed by atoms with Crippen LogP contribution < -0.4 is 5.32 Å². The Hall–Kier alpha value is -3.57. The van der Waals surface area contributed by atoms with Gasteiger partial charge in [-0.3, -0.25) is 4.79 Å². The minimum absolute atomic E-state index is 0.100. The van der Waals surface area contributed by atoms with Gasteiger partial charge in [0.1, 0.15) is 6.17 Å². The Morgan fingerprint density at radius 3 is 2.43 bits per heavy atom. The highest BCUT2D eigenvalue weighted by Crippen LogP contribution is 2.47. The molecule has 3 aromatic rings. The monoisotopic (exact) mass is 560 g/mol. The van der Waals surface area contributed by atoms with Crippen LogP contribution >= 0.6 is 0 Å². The molecule has 2 fully saturated rings. The van der Waals surface area contributed by atoms with E-state index in [0.29, 0.717) is 12.2 Å². The van der Waals surface area contributed by atoms with Crippen LogP contribution in [0.3, 0.4) is 0 Å². The third-order valence-electron chi connectivity index (χ3n) is 10.4. The standard InChI is InChI=1S/C37H44N4O/c1-27-22-28(2)24-31(23-27)35(42)40-19-13-32(26-33(40)25-29-8-4-3-5-9-29)41-21-20-39-18-12-30-10-6-7-11-34(30)37(36(39)41)14-16-38-17-15-37/h3-11,20-24,32-33,36,38H,12-19,25-26H2,1-2H3/t32-,33-,36?/m0/s1. The number of fused-ring (bicyclic) bond motifs is 4. The number of benzene rings is 3. The fourth-order valence-electron chi connectivity index (χ4n) is 8.54. The first-order valence-electron chi connectivity index (χ1n) is 16.0. The topological polar surface area (TPSA) is 38.8 Å². The molecule has 3 aromatic carbocycles. The molecule has 1 unspecified atom stereocenters. The van der Waals surface area contributed by atoms with E-state index in [-0.39, 0.29) is 17.4 Å². The molecule has 1 spiro atoms. The van der Waals surface area contributed by atoms with Crippen molar-refractivity contribution in [3.05, 3.63) is 119 Å². The molecule has 42 heavy (non-hydrogen) atoms. The first-order chi connectivity index (χ1) is 20.5. The van der Waals surface area contributed by atoms with Crippen LogP contribution in [0.1, 0.15) is 63.9 Å². The van der Waals surface area contributed by atoms with Gasteiger partial charge in [-0.1, -0.05) is 71.8 Å². The van der Waals surface area contributed by atoms with Gasteiger partial charge < -0.3 is 20.0 Å². The second-order valence-electron chi connectivity index (χ2n) is 13.1. The van der Waals surface area contributed by atoms with E-state index in [1.54, 1.807) is 5.56 Å². The second kappa shape index (κ2) is 11.3. The van der Waals surface area contributed by atoms with Gasteiger partial charge in [0.05, 0.1) is 0 Å². The van der Waals surface area contributed by atoms with Crippen molar-refractivity contribution < 1.29 is 4.79 Å². The number of piperidine rings is 2. The number of carbonyl (C=O) groups is 1. The molecule has 3 atom stereocenters. The summed E-state index contributed by atoms with van der Waals surface area (Å²) in [5, 5.41) is 3.66. The average Bonchev–Trinajstić information content (AvgIpc) is 3.40. The molecule has 0 radical (unpaired) electrons. The molecule has 0 bridgehead atoms. The summed E-state index contributed by atoms with van der Waals surface area (Å²) in [6.07, 6.45) is 11.4. The molecule has 7 rings (SSSR count). The van der Waals surface area contributed by atoms with Crippen molar-refractivity contribution >= 4 is 5.91 Å². The molecule has 4 aliphatic heterocycles. The predicted octanol–water partition coefficient (Wildman–Crippen LogP) is 5.81. The third kappa shape index (κ3) is 4.92. The van der Waals surface area contributed by atoms with Gasteiger partial charge in [0.25, 0.3) is 5.91 Å². The lowest BCUT2D eigenvalue weighted by atomic mass is 9.68. The minimum Gasteiger partial charge on any atom is -0.355 e. The van der Waals surface area contributed by atoms with Crippen LogP contribution in [0.2, 0.25) is 0 Å². The summed E-state index contributed by atoms with van der Waals surface area (Å²) in [4.78, 5) is 21.6. The summed E-state index contributed by atoms with van der Waals surface area (Å²) in [5.41, 5.74) is 7.62. The van der Waals surface area contributed by atoms with Crippen LogP contribution in [-0.4, -0.2) is 65.0 Å². The molecular formula is C37H44N4O. The number of amides is 1. The normalized spacial score (nSPS) is 24.8. The highest BCUT2D eigenvalue weighted by molar-refractivity contribution is 5.95. The number of hydrogen-bond donors (Lipinski definition) is 1. The van der Waals surface area contributed by atoms with E-state index in [1.165, 1.54) is 11.1 Å². The fraction of sp³-hybridized carbons (Fsp3) is 0.432. The molecule has 0 aliphatic carbocycles. The zero-order chi connectivity index (χ0) is 28.7. The van der Waals surface area contributed by atoms with Crippen molar-refractivity contribution in [1.29, 1.82) is 0 Å². The molecule has 0 aromatic heterocycles. The predicted molar refractivity (Wildman–Crippen MR) is 169 cm³/mol. The van der Waals surface area contributed by atoms with Crippen LogP contribution in [0.4, 0.5) is 0 Å². The summed E-state index contributed by atoms with van der Waals surface area (Å²) < 4.78 is 0. The lowest BCUT2D eigenvalue weighted by Gasteiger charge is -2.52. The van der Waals surface area contributed by atoms with Crippen LogP contribution in [0.15, 0.2) is 85.2 Å². The third-order valence-corrected chi connectivity index (χ3v) is 10.4. The number of carbonyl (C=O) groups excluding carboxylic acids is 1. The molecule has 5 heteroatoms. The van der Waals surface area contributed by atoms with Gasteiger partial charge >= 0.3 is 0 Å². The van der Waals surface area contributed by atoms with Crippen molar-refractivity contribution in [1.82, 2.24) is 20.0 Å². The SMILES string of the molecule is Cc1cc(C)cc(C(=O)N2CC[C@H](N3C=CN4CCc5ccccc5C5(CCNCC5)C43)C[C@@H]2Cc2ccccc2)c1. The number of nitrogens with one attached hydrogen (secondary N) is 1. The Labute approximate surface area is 251 Å². The smallest absolute Gasteiger partial charge is 0.254 e. The first-order valence-corrected chi connectivity index (χ1v) is 16.0. The maximum absolute atomic E-state index is 14.1. The van der Waals surface area contributed by atoms with Crippen LogP contribution in [0.5, 0.6) is 0 Å². The molecule has 5 nitrogen and oxygen atoms in total. The molecular weight excluding hydrogens is 516 g/mol. The summed E-state index contributed by atoms with van der Waals surface area (Å²) in [5.74, 6) is 0.179. The molecule has 0 saturated carbocycles. The van der Waals surface area contributed by atoms with E-state index in [0.717, 1.165) is 81.4 Å². The van der Waals surface area contributed by atoms with Gasteiger partial charge in [-0.25, -0.2) is 0 Å². The highest BCUT2D eigenvalue weighted by Gasteiger charge is 2.52. The Morgan fingerprint density at radius 1 is 0.905 bits per heavy atom. The Kier molecular flexibility index (Phi) is 7.31. The van der Waals surface area contributed by atoms with E-state index >= 15 is 0 Å². The van der Waals surface area contributed by atoms with Gasteiger partial charge in [-0.2, -0.15) is 0 Å². The number of hydrogen-bond acceptors (Lipinski definition) is 4. The number of nitrogens with zero attached hydrogens (tertiary/aromatic N) is 3. The van der Waals surface area contributed by atoms with Gasteiger partial charge in [0.2, 0.25) is 0 Å².